The van der Waals surface area contributed by atoms with Crippen LogP contribution in [0.2, 0.25) is 0 Å². The first-order chi connectivity index (χ1) is 11.7. The first-order valence-electron chi connectivity index (χ1n) is 8.26. The summed E-state index contributed by atoms with van der Waals surface area (Å²) in [5.74, 6) is 1.68. The molecule has 130 valence electrons. The van der Waals surface area contributed by atoms with Crippen LogP contribution in [-0.4, -0.2) is 40.0 Å². The number of ether oxygens (including phenoxy) is 2. The van der Waals surface area contributed by atoms with Gasteiger partial charge in [-0.2, -0.15) is 5.10 Å². The molecule has 1 aliphatic heterocycles. The predicted octanol–water partition coefficient (Wildman–Crippen LogP) is 3.25. The molecule has 2 heterocycles. The topological polar surface area (TPSA) is 44.5 Å². The van der Waals surface area contributed by atoms with Crippen LogP contribution in [0.1, 0.15) is 31.4 Å². The third-order valence-electron chi connectivity index (χ3n) is 4.62. The van der Waals surface area contributed by atoms with Crippen LogP contribution in [0.3, 0.4) is 0 Å². The number of aryl methyl sites for hydroxylation is 1. The van der Waals surface area contributed by atoms with Crippen molar-refractivity contribution in [2.24, 2.45) is 0 Å². The minimum atomic E-state index is 0.305. The highest BCUT2D eigenvalue weighted by atomic mass is 32.1. The summed E-state index contributed by atoms with van der Waals surface area (Å²) < 4.78 is 15.5. The zero-order chi connectivity index (χ0) is 17.1. The molecule has 6 nitrogen and oxygen atoms in total. The standard InChI is InChI=1S/C17H24N4O2S/c1-4-19-11-18-21(17(19)24)12-20-9-5-6-15(20)14-8-7-13(22-2)10-16(14)23-3/h7-8,10-11,15H,4-6,9,12H2,1-3H3/t15-/m1/s1. The molecule has 1 aliphatic rings. The molecule has 0 bridgehead atoms. The second kappa shape index (κ2) is 7.36. The molecule has 1 atom stereocenters. The highest BCUT2D eigenvalue weighted by Crippen LogP contribution is 2.38. The Morgan fingerprint density at radius 2 is 2.12 bits per heavy atom. The SMILES string of the molecule is CCn1cnn(CN2CCC[C@@H]2c2ccc(OC)cc2OC)c1=S. The average molecular weight is 348 g/mol. The largest absolute Gasteiger partial charge is 0.497 e. The van der Waals surface area contributed by atoms with Crippen molar-refractivity contribution in [2.75, 3.05) is 20.8 Å². The Bertz CT molecular complexity index is 755. The fourth-order valence-electron chi connectivity index (χ4n) is 3.30. The normalized spacial score (nSPS) is 18.0. The molecule has 1 saturated heterocycles. The molecule has 0 radical (unpaired) electrons. The van der Waals surface area contributed by atoms with Crippen LogP contribution in [0.25, 0.3) is 0 Å². The van der Waals surface area contributed by atoms with E-state index in [9.17, 15) is 0 Å². The van der Waals surface area contributed by atoms with E-state index in [-0.39, 0.29) is 0 Å². The Hall–Kier alpha value is -1.86. The molecule has 1 aromatic heterocycles. The third-order valence-corrected chi connectivity index (χ3v) is 5.06. The maximum atomic E-state index is 5.59. The van der Waals surface area contributed by atoms with Crippen molar-refractivity contribution < 1.29 is 9.47 Å². The van der Waals surface area contributed by atoms with Gasteiger partial charge in [-0.25, -0.2) is 4.68 Å². The molecular weight excluding hydrogens is 324 g/mol. The summed E-state index contributed by atoms with van der Waals surface area (Å²) >= 11 is 5.49. The van der Waals surface area contributed by atoms with Crippen molar-refractivity contribution in [3.8, 4) is 11.5 Å². The van der Waals surface area contributed by atoms with Crippen molar-refractivity contribution in [1.29, 1.82) is 0 Å². The van der Waals surface area contributed by atoms with Crippen molar-refractivity contribution in [2.45, 2.75) is 39.0 Å². The molecular formula is C17H24N4O2S. The van der Waals surface area contributed by atoms with Crippen LogP contribution in [-0.2, 0) is 13.2 Å². The predicted molar refractivity (Wildman–Crippen MR) is 95.0 cm³/mol. The molecule has 7 heteroatoms. The number of rotatable bonds is 6. The van der Waals surface area contributed by atoms with Crippen molar-refractivity contribution >= 4 is 12.2 Å². The van der Waals surface area contributed by atoms with E-state index in [1.54, 1.807) is 20.5 Å². The summed E-state index contributed by atoms with van der Waals surface area (Å²) in [6.07, 6.45) is 4.06. The Balaban J connectivity index is 1.85. The average Bonchev–Trinajstić information content (AvgIpc) is 3.21. The van der Waals surface area contributed by atoms with Crippen molar-refractivity contribution in [1.82, 2.24) is 19.2 Å². The molecule has 0 saturated carbocycles. The molecule has 1 fully saturated rings. The molecule has 1 aromatic carbocycles. The Labute approximate surface area is 147 Å². The summed E-state index contributed by atoms with van der Waals surface area (Å²) in [7, 11) is 3.37. The zero-order valence-corrected chi connectivity index (χ0v) is 15.3. The fraction of sp³-hybridized carbons (Fsp3) is 0.529. The smallest absolute Gasteiger partial charge is 0.198 e. The maximum Gasteiger partial charge on any atom is 0.198 e. The molecule has 0 aliphatic carbocycles. The van der Waals surface area contributed by atoms with Crippen LogP contribution in [0.5, 0.6) is 11.5 Å². The van der Waals surface area contributed by atoms with Gasteiger partial charge < -0.3 is 14.0 Å². The molecule has 0 unspecified atom stereocenters. The van der Waals surface area contributed by atoms with Crippen molar-refractivity contribution in [3.05, 3.63) is 34.9 Å². The summed E-state index contributed by atoms with van der Waals surface area (Å²) in [6, 6.07) is 6.35. The van der Waals surface area contributed by atoms with Gasteiger partial charge in [0.25, 0.3) is 0 Å². The quantitative estimate of drug-likeness (QED) is 0.750. The summed E-state index contributed by atoms with van der Waals surface area (Å²) in [6.45, 7) is 4.64. The number of aromatic nitrogens is 3. The number of likely N-dealkylation sites (tertiary alicyclic amines) is 1. The first kappa shape index (κ1) is 17.0. The molecule has 2 aromatic rings. The molecule has 3 rings (SSSR count). The lowest BCUT2D eigenvalue weighted by molar-refractivity contribution is 0.186. The van der Waals surface area contributed by atoms with Crippen LogP contribution in [0.4, 0.5) is 0 Å². The fourth-order valence-corrected chi connectivity index (χ4v) is 3.58. The molecule has 0 amide bonds. The van der Waals surface area contributed by atoms with Crippen LogP contribution < -0.4 is 9.47 Å². The number of benzene rings is 1. The van der Waals surface area contributed by atoms with Gasteiger partial charge in [0.1, 0.15) is 17.8 Å². The summed E-state index contributed by atoms with van der Waals surface area (Å²) in [5.41, 5.74) is 1.19. The summed E-state index contributed by atoms with van der Waals surface area (Å²) in [5, 5.41) is 4.43. The van der Waals surface area contributed by atoms with E-state index < -0.39 is 0 Å². The maximum absolute atomic E-state index is 5.59. The molecule has 0 N–H and O–H groups in total. The highest BCUT2D eigenvalue weighted by molar-refractivity contribution is 7.71. The second-order valence-corrected chi connectivity index (χ2v) is 6.28. The lowest BCUT2D eigenvalue weighted by Crippen LogP contribution is -2.27. The Kier molecular flexibility index (Phi) is 5.20. The number of nitrogens with zero attached hydrogens (tertiary/aromatic N) is 4. The van der Waals surface area contributed by atoms with Crippen LogP contribution in [0, 0.1) is 4.77 Å². The van der Waals surface area contributed by atoms with Gasteiger partial charge in [0, 0.05) is 30.8 Å². The van der Waals surface area contributed by atoms with Gasteiger partial charge in [-0.1, -0.05) is 6.07 Å². The lowest BCUT2D eigenvalue weighted by atomic mass is 10.0. The highest BCUT2D eigenvalue weighted by Gasteiger charge is 2.29. The number of methoxy groups -OCH3 is 2. The molecule has 24 heavy (non-hydrogen) atoms. The van der Waals surface area contributed by atoms with E-state index in [1.165, 1.54) is 5.56 Å². The van der Waals surface area contributed by atoms with Crippen LogP contribution >= 0.6 is 12.2 Å². The van der Waals surface area contributed by atoms with E-state index in [1.807, 2.05) is 21.4 Å². The van der Waals surface area contributed by atoms with E-state index in [0.29, 0.717) is 12.7 Å². The molecule has 0 spiro atoms. The lowest BCUT2D eigenvalue weighted by Gasteiger charge is -2.26. The first-order valence-corrected chi connectivity index (χ1v) is 8.67. The minimum absolute atomic E-state index is 0.305. The van der Waals surface area contributed by atoms with Gasteiger partial charge in [0.2, 0.25) is 0 Å². The van der Waals surface area contributed by atoms with E-state index in [2.05, 4.69) is 23.0 Å². The van der Waals surface area contributed by atoms with Crippen molar-refractivity contribution in [3.63, 3.8) is 0 Å². The second-order valence-electron chi connectivity index (χ2n) is 5.92. The van der Waals surface area contributed by atoms with Gasteiger partial charge in [-0.15, -0.1) is 0 Å². The minimum Gasteiger partial charge on any atom is -0.497 e. The van der Waals surface area contributed by atoms with Gasteiger partial charge in [-0.05, 0) is 38.0 Å². The van der Waals surface area contributed by atoms with E-state index in [4.69, 9.17) is 21.7 Å². The van der Waals surface area contributed by atoms with Gasteiger partial charge in [0.15, 0.2) is 4.77 Å². The Morgan fingerprint density at radius 3 is 2.79 bits per heavy atom. The number of hydrogen-bond donors (Lipinski definition) is 0. The van der Waals surface area contributed by atoms with Crippen LogP contribution in [0.15, 0.2) is 24.5 Å². The van der Waals surface area contributed by atoms with Gasteiger partial charge >= 0.3 is 0 Å². The third kappa shape index (κ3) is 3.18. The zero-order valence-electron chi connectivity index (χ0n) is 14.4. The summed E-state index contributed by atoms with van der Waals surface area (Å²) in [4.78, 5) is 2.41. The number of hydrogen-bond acceptors (Lipinski definition) is 5. The Morgan fingerprint density at radius 1 is 1.29 bits per heavy atom. The van der Waals surface area contributed by atoms with Gasteiger partial charge in [-0.3, -0.25) is 4.90 Å². The van der Waals surface area contributed by atoms with Gasteiger partial charge in [0.05, 0.1) is 20.9 Å². The monoisotopic (exact) mass is 348 g/mol. The van der Waals surface area contributed by atoms with E-state index in [0.717, 1.165) is 42.2 Å². The van der Waals surface area contributed by atoms with E-state index >= 15 is 0 Å².